The van der Waals surface area contributed by atoms with Crippen LogP contribution in [0.5, 0.6) is 0 Å². The average Bonchev–Trinajstić information content (AvgIpc) is 2.75. The zero-order valence-electron chi connectivity index (χ0n) is 17.5. The third kappa shape index (κ3) is 6.83. The molecule has 2 aromatic rings. The molecule has 1 amide bonds. The predicted octanol–water partition coefficient (Wildman–Crippen LogP) is 1.33. The number of sulfonamides is 1. The van der Waals surface area contributed by atoms with Crippen LogP contribution in [0.4, 0.5) is 0 Å². The lowest BCUT2D eigenvalue weighted by Crippen LogP contribution is -2.51. The number of benzene rings is 1. The minimum atomic E-state index is -3.70. The molecule has 168 valence electrons. The number of hydrogen-bond donors (Lipinski definition) is 3. The monoisotopic (exact) mass is 447 g/mol. The summed E-state index contributed by atoms with van der Waals surface area (Å²) < 4.78 is 33.9. The highest BCUT2D eigenvalue weighted by atomic mass is 32.2. The average molecular weight is 448 g/mol. The van der Waals surface area contributed by atoms with Gasteiger partial charge in [-0.3, -0.25) is 9.78 Å². The normalized spacial score (nSPS) is 21.5. The molecule has 0 bridgehead atoms. The lowest BCUT2D eigenvalue weighted by atomic mass is 9.98. The van der Waals surface area contributed by atoms with Crippen LogP contribution >= 0.6 is 0 Å². The molecule has 0 aliphatic carbocycles. The summed E-state index contributed by atoms with van der Waals surface area (Å²) in [6.07, 6.45) is 2.83. The standard InChI is InChI=1S/C22H29N3O5S/c1-16-5-8-19(9-6-16)31(28,29)25-20-10-7-18(30-21(20)15-26)11-13-24-22(27)14-17-4-2-3-12-23-17/h2-6,8-9,12,18,20-21,25-26H,7,10-11,13-15H2,1H3,(H,24,27)/t18-,20-,21-/m1/s1. The van der Waals surface area contributed by atoms with Crippen LogP contribution < -0.4 is 10.0 Å². The van der Waals surface area contributed by atoms with E-state index < -0.39 is 22.2 Å². The smallest absolute Gasteiger partial charge is 0.240 e. The van der Waals surface area contributed by atoms with Gasteiger partial charge in [0.05, 0.1) is 36.2 Å². The SMILES string of the molecule is Cc1ccc(S(=O)(=O)N[C@@H]2CC[C@H](CCNC(=O)Cc3ccccn3)O[C@@H]2CO)cc1. The molecule has 2 heterocycles. The number of aryl methyl sites for hydroxylation is 1. The number of nitrogens with zero attached hydrogens (tertiary/aromatic N) is 1. The van der Waals surface area contributed by atoms with Gasteiger partial charge in [-0.05, 0) is 50.5 Å². The first kappa shape index (κ1) is 23.3. The second-order valence-electron chi connectivity index (χ2n) is 7.73. The Labute approximate surface area is 183 Å². The molecule has 0 unspecified atom stereocenters. The van der Waals surface area contributed by atoms with Crippen LogP contribution in [0.2, 0.25) is 0 Å². The molecule has 3 atom stereocenters. The molecule has 1 aromatic carbocycles. The van der Waals surface area contributed by atoms with E-state index in [9.17, 15) is 18.3 Å². The van der Waals surface area contributed by atoms with E-state index in [-0.39, 0.29) is 29.9 Å². The third-order valence-corrected chi connectivity index (χ3v) is 6.80. The predicted molar refractivity (Wildman–Crippen MR) is 116 cm³/mol. The zero-order valence-corrected chi connectivity index (χ0v) is 18.3. The highest BCUT2D eigenvalue weighted by molar-refractivity contribution is 7.89. The van der Waals surface area contributed by atoms with Crippen molar-refractivity contribution in [2.75, 3.05) is 13.2 Å². The Morgan fingerprint density at radius 3 is 2.65 bits per heavy atom. The summed E-state index contributed by atoms with van der Waals surface area (Å²) in [5, 5.41) is 12.6. The van der Waals surface area contributed by atoms with Crippen molar-refractivity contribution in [1.29, 1.82) is 0 Å². The first-order valence-electron chi connectivity index (χ1n) is 10.4. The molecule has 31 heavy (non-hydrogen) atoms. The summed E-state index contributed by atoms with van der Waals surface area (Å²) in [5.74, 6) is -0.114. The molecule has 1 aliphatic heterocycles. The molecule has 3 rings (SSSR count). The first-order valence-corrected chi connectivity index (χ1v) is 11.9. The summed E-state index contributed by atoms with van der Waals surface area (Å²) in [6.45, 7) is 2.04. The highest BCUT2D eigenvalue weighted by Gasteiger charge is 2.33. The number of hydrogen-bond acceptors (Lipinski definition) is 6. The molecule has 0 saturated carbocycles. The van der Waals surface area contributed by atoms with Crippen molar-refractivity contribution in [1.82, 2.24) is 15.0 Å². The molecular formula is C22H29N3O5S. The van der Waals surface area contributed by atoms with Crippen LogP contribution in [0.25, 0.3) is 0 Å². The number of carbonyl (C=O) groups is 1. The van der Waals surface area contributed by atoms with Crippen molar-refractivity contribution in [3.05, 3.63) is 59.9 Å². The van der Waals surface area contributed by atoms with Gasteiger partial charge >= 0.3 is 0 Å². The molecule has 8 nitrogen and oxygen atoms in total. The number of aromatic nitrogens is 1. The Morgan fingerprint density at radius 2 is 1.97 bits per heavy atom. The van der Waals surface area contributed by atoms with E-state index in [1.165, 1.54) is 0 Å². The van der Waals surface area contributed by atoms with Gasteiger partial charge < -0.3 is 15.2 Å². The molecule has 9 heteroatoms. The number of aliphatic hydroxyl groups excluding tert-OH is 1. The van der Waals surface area contributed by atoms with Gasteiger partial charge in [-0.15, -0.1) is 0 Å². The van der Waals surface area contributed by atoms with Crippen molar-refractivity contribution >= 4 is 15.9 Å². The molecule has 0 radical (unpaired) electrons. The summed E-state index contributed by atoms with van der Waals surface area (Å²) in [5.41, 5.74) is 1.68. The van der Waals surface area contributed by atoms with Gasteiger partial charge in [0, 0.05) is 18.4 Å². The maximum absolute atomic E-state index is 12.7. The van der Waals surface area contributed by atoms with Gasteiger partial charge in [-0.25, -0.2) is 13.1 Å². The fraction of sp³-hybridized carbons (Fsp3) is 0.455. The molecule has 3 N–H and O–H groups in total. The Balaban J connectivity index is 1.46. The topological polar surface area (TPSA) is 118 Å². The van der Waals surface area contributed by atoms with Gasteiger partial charge in [0.25, 0.3) is 0 Å². The quantitative estimate of drug-likeness (QED) is 0.534. The zero-order chi connectivity index (χ0) is 22.3. The van der Waals surface area contributed by atoms with Crippen molar-refractivity contribution in [3.63, 3.8) is 0 Å². The molecular weight excluding hydrogens is 418 g/mol. The van der Waals surface area contributed by atoms with Crippen molar-refractivity contribution in [3.8, 4) is 0 Å². The molecule has 1 aliphatic rings. The minimum absolute atomic E-state index is 0.114. The summed E-state index contributed by atoms with van der Waals surface area (Å²) >= 11 is 0. The fourth-order valence-corrected chi connectivity index (χ4v) is 4.86. The van der Waals surface area contributed by atoms with E-state index in [0.717, 1.165) is 5.56 Å². The number of aliphatic hydroxyl groups is 1. The van der Waals surface area contributed by atoms with E-state index in [0.29, 0.717) is 31.5 Å². The highest BCUT2D eigenvalue weighted by Crippen LogP contribution is 2.23. The lowest BCUT2D eigenvalue weighted by molar-refractivity contribution is -0.121. The first-order chi connectivity index (χ1) is 14.9. The molecule has 1 aromatic heterocycles. The number of ether oxygens (including phenoxy) is 1. The van der Waals surface area contributed by atoms with E-state index in [1.54, 1.807) is 42.6 Å². The van der Waals surface area contributed by atoms with Crippen molar-refractivity contribution in [2.24, 2.45) is 0 Å². The molecule has 0 spiro atoms. The largest absolute Gasteiger partial charge is 0.394 e. The minimum Gasteiger partial charge on any atom is -0.394 e. The Morgan fingerprint density at radius 1 is 1.19 bits per heavy atom. The van der Waals surface area contributed by atoms with E-state index >= 15 is 0 Å². The Kier molecular flexibility index (Phi) is 8.14. The maximum Gasteiger partial charge on any atom is 0.240 e. The van der Waals surface area contributed by atoms with E-state index in [1.807, 2.05) is 13.0 Å². The number of carbonyl (C=O) groups excluding carboxylic acids is 1. The lowest BCUT2D eigenvalue weighted by Gasteiger charge is -2.36. The van der Waals surface area contributed by atoms with Gasteiger partial charge in [-0.2, -0.15) is 0 Å². The van der Waals surface area contributed by atoms with Gasteiger partial charge in [-0.1, -0.05) is 23.8 Å². The number of pyridine rings is 1. The number of amides is 1. The third-order valence-electron chi connectivity index (χ3n) is 5.29. The Bertz CT molecular complexity index is 951. The van der Waals surface area contributed by atoms with Crippen LogP contribution in [0.15, 0.2) is 53.6 Å². The van der Waals surface area contributed by atoms with Crippen LogP contribution in [-0.2, 0) is 26.0 Å². The van der Waals surface area contributed by atoms with Crippen LogP contribution in [0.1, 0.15) is 30.5 Å². The Hall–Kier alpha value is -2.33. The van der Waals surface area contributed by atoms with Crippen molar-refractivity contribution < 1.29 is 23.1 Å². The number of nitrogens with one attached hydrogen (secondary N) is 2. The summed E-state index contributed by atoms with van der Waals surface area (Å²) in [7, 11) is -3.70. The summed E-state index contributed by atoms with van der Waals surface area (Å²) in [4.78, 5) is 16.3. The fourth-order valence-electron chi connectivity index (χ4n) is 3.57. The van der Waals surface area contributed by atoms with Crippen molar-refractivity contribution in [2.45, 2.75) is 55.8 Å². The van der Waals surface area contributed by atoms with Crippen LogP contribution in [0, 0.1) is 6.92 Å². The van der Waals surface area contributed by atoms with E-state index in [4.69, 9.17) is 4.74 Å². The second-order valence-corrected chi connectivity index (χ2v) is 9.45. The van der Waals surface area contributed by atoms with Gasteiger partial charge in [0.2, 0.25) is 15.9 Å². The van der Waals surface area contributed by atoms with Crippen LogP contribution in [0.3, 0.4) is 0 Å². The second kappa shape index (κ2) is 10.8. The van der Waals surface area contributed by atoms with E-state index in [2.05, 4.69) is 15.0 Å². The molecule has 1 saturated heterocycles. The summed E-state index contributed by atoms with van der Waals surface area (Å²) in [6, 6.07) is 11.5. The maximum atomic E-state index is 12.7. The number of rotatable bonds is 9. The van der Waals surface area contributed by atoms with Gasteiger partial charge in [0.1, 0.15) is 0 Å². The molecule has 1 fully saturated rings. The van der Waals surface area contributed by atoms with Crippen LogP contribution in [-0.4, -0.2) is 55.8 Å². The van der Waals surface area contributed by atoms with Gasteiger partial charge in [0.15, 0.2) is 0 Å².